The van der Waals surface area contributed by atoms with E-state index in [0.717, 1.165) is 23.5 Å². The minimum atomic E-state index is -0.717. The van der Waals surface area contributed by atoms with Crippen molar-refractivity contribution >= 4 is 28.5 Å². The van der Waals surface area contributed by atoms with Crippen LogP contribution in [-0.2, 0) is 22.5 Å². The van der Waals surface area contributed by atoms with Gasteiger partial charge in [0.15, 0.2) is 5.13 Å². The Morgan fingerprint density at radius 3 is 2.62 bits per heavy atom. The van der Waals surface area contributed by atoms with Crippen molar-refractivity contribution in [3.8, 4) is 0 Å². The van der Waals surface area contributed by atoms with Gasteiger partial charge in [0.25, 0.3) is 0 Å². The van der Waals surface area contributed by atoms with Crippen LogP contribution in [-0.4, -0.2) is 23.6 Å². The van der Waals surface area contributed by atoms with Crippen molar-refractivity contribution < 1.29 is 23.1 Å². The Labute approximate surface area is 153 Å². The second-order valence-corrected chi connectivity index (χ2v) is 6.77. The van der Waals surface area contributed by atoms with E-state index in [1.807, 2.05) is 13.8 Å². The summed E-state index contributed by atoms with van der Waals surface area (Å²) in [6, 6.07) is 3.51. The molecule has 140 valence electrons. The SMILES string of the molecule is CC(C)COC(=O)Nc1nc(CC(=O)NCc2c(F)cccc2F)cs1. The maximum atomic E-state index is 13.5. The molecule has 0 spiro atoms. The van der Waals surface area contributed by atoms with Crippen molar-refractivity contribution in [1.82, 2.24) is 10.3 Å². The van der Waals surface area contributed by atoms with Gasteiger partial charge in [-0.3, -0.25) is 10.1 Å². The molecule has 9 heteroatoms. The molecule has 0 atom stereocenters. The van der Waals surface area contributed by atoms with Crippen LogP contribution in [0.3, 0.4) is 0 Å². The molecular formula is C17H19F2N3O3S. The Bertz CT molecular complexity index is 760. The highest BCUT2D eigenvalue weighted by Crippen LogP contribution is 2.16. The van der Waals surface area contributed by atoms with E-state index in [-0.39, 0.29) is 24.4 Å². The van der Waals surface area contributed by atoms with Crippen LogP contribution in [0.4, 0.5) is 18.7 Å². The number of anilines is 1. The largest absolute Gasteiger partial charge is 0.449 e. The number of hydrogen-bond acceptors (Lipinski definition) is 5. The quantitative estimate of drug-likeness (QED) is 0.767. The van der Waals surface area contributed by atoms with Gasteiger partial charge in [-0.2, -0.15) is 0 Å². The molecule has 1 aromatic heterocycles. The summed E-state index contributed by atoms with van der Waals surface area (Å²) in [6.07, 6.45) is -0.686. The Kier molecular flexibility index (Phi) is 7.02. The molecule has 0 aliphatic carbocycles. The van der Waals surface area contributed by atoms with Crippen molar-refractivity contribution in [2.24, 2.45) is 5.92 Å². The molecule has 2 amide bonds. The number of thiazole rings is 1. The number of halogens is 2. The number of amides is 2. The highest BCUT2D eigenvalue weighted by Gasteiger charge is 2.13. The Morgan fingerprint density at radius 2 is 1.96 bits per heavy atom. The zero-order valence-corrected chi connectivity index (χ0v) is 15.2. The smallest absolute Gasteiger partial charge is 0.413 e. The highest BCUT2D eigenvalue weighted by atomic mass is 32.1. The summed E-state index contributed by atoms with van der Waals surface area (Å²) < 4.78 is 32.0. The summed E-state index contributed by atoms with van der Waals surface area (Å²) in [5.41, 5.74) is 0.232. The van der Waals surface area contributed by atoms with Crippen molar-refractivity contribution in [2.45, 2.75) is 26.8 Å². The van der Waals surface area contributed by atoms with Gasteiger partial charge in [-0.1, -0.05) is 19.9 Å². The van der Waals surface area contributed by atoms with E-state index < -0.39 is 23.6 Å². The van der Waals surface area contributed by atoms with Gasteiger partial charge in [0.2, 0.25) is 5.91 Å². The second kappa shape index (κ2) is 9.23. The minimum absolute atomic E-state index is 0.0741. The van der Waals surface area contributed by atoms with Crippen LogP contribution >= 0.6 is 11.3 Å². The van der Waals surface area contributed by atoms with Gasteiger partial charge in [-0.15, -0.1) is 11.3 Å². The van der Waals surface area contributed by atoms with E-state index in [1.165, 1.54) is 6.07 Å². The van der Waals surface area contributed by atoms with Crippen LogP contribution in [0.2, 0.25) is 0 Å². The van der Waals surface area contributed by atoms with E-state index in [1.54, 1.807) is 5.38 Å². The number of benzene rings is 1. The summed E-state index contributed by atoms with van der Waals surface area (Å²) in [7, 11) is 0. The molecule has 0 aliphatic heterocycles. The molecule has 0 saturated carbocycles. The molecule has 2 aromatic rings. The lowest BCUT2D eigenvalue weighted by Crippen LogP contribution is -2.25. The number of rotatable bonds is 7. The number of hydrogen-bond donors (Lipinski definition) is 2. The van der Waals surface area contributed by atoms with Crippen molar-refractivity contribution in [1.29, 1.82) is 0 Å². The molecule has 0 saturated heterocycles. The number of carbonyl (C=O) groups is 2. The van der Waals surface area contributed by atoms with Crippen molar-refractivity contribution in [3.63, 3.8) is 0 Å². The molecular weight excluding hydrogens is 364 g/mol. The molecule has 0 fully saturated rings. The fraction of sp³-hybridized carbons (Fsp3) is 0.353. The van der Waals surface area contributed by atoms with Crippen LogP contribution in [0.15, 0.2) is 23.6 Å². The normalized spacial score (nSPS) is 10.7. The fourth-order valence-corrected chi connectivity index (χ4v) is 2.62. The number of ether oxygens (including phenoxy) is 1. The zero-order chi connectivity index (χ0) is 19.1. The minimum Gasteiger partial charge on any atom is -0.449 e. The van der Waals surface area contributed by atoms with E-state index in [0.29, 0.717) is 17.4 Å². The van der Waals surface area contributed by atoms with Gasteiger partial charge in [0.05, 0.1) is 18.7 Å². The molecule has 0 radical (unpaired) electrons. The van der Waals surface area contributed by atoms with Gasteiger partial charge >= 0.3 is 6.09 Å². The molecule has 26 heavy (non-hydrogen) atoms. The van der Waals surface area contributed by atoms with Crippen LogP contribution in [0.1, 0.15) is 25.1 Å². The van der Waals surface area contributed by atoms with E-state index in [4.69, 9.17) is 4.74 Å². The number of carbonyl (C=O) groups excluding carboxylic acids is 2. The lowest BCUT2D eigenvalue weighted by molar-refractivity contribution is -0.120. The van der Waals surface area contributed by atoms with E-state index >= 15 is 0 Å². The number of nitrogens with zero attached hydrogens (tertiary/aromatic N) is 1. The second-order valence-electron chi connectivity index (χ2n) is 5.92. The summed E-state index contributed by atoms with van der Waals surface area (Å²) in [5.74, 6) is -1.65. The standard InChI is InChI=1S/C17H19F2N3O3S/c1-10(2)8-25-17(24)22-16-21-11(9-26-16)6-15(23)20-7-12-13(18)4-3-5-14(12)19/h3-5,9-10H,6-8H2,1-2H3,(H,20,23)(H,21,22,24). The number of aromatic nitrogens is 1. The average Bonchev–Trinajstić information content (AvgIpc) is 2.99. The lowest BCUT2D eigenvalue weighted by Gasteiger charge is -2.07. The monoisotopic (exact) mass is 383 g/mol. The summed E-state index contributed by atoms with van der Waals surface area (Å²) in [5, 5.41) is 6.84. The summed E-state index contributed by atoms with van der Waals surface area (Å²) >= 11 is 1.15. The highest BCUT2D eigenvalue weighted by molar-refractivity contribution is 7.13. The first-order valence-electron chi connectivity index (χ1n) is 7.93. The first-order chi connectivity index (χ1) is 12.3. The third kappa shape index (κ3) is 6.07. The van der Waals surface area contributed by atoms with Gasteiger partial charge in [-0.05, 0) is 18.1 Å². The van der Waals surface area contributed by atoms with Crippen molar-refractivity contribution in [2.75, 3.05) is 11.9 Å². The average molecular weight is 383 g/mol. The van der Waals surface area contributed by atoms with Crippen LogP contribution in [0.5, 0.6) is 0 Å². The molecule has 0 bridgehead atoms. The van der Waals surface area contributed by atoms with Gasteiger partial charge in [0, 0.05) is 17.5 Å². The maximum absolute atomic E-state index is 13.5. The van der Waals surface area contributed by atoms with Gasteiger partial charge in [0.1, 0.15) is 11.6 Å². The first kappa shape index (κ1) is 19.8. The Balaban J connectivity index is 1.82. The topological polar surface area (TPSA) is 80.3 Å². The maximum Gasteiger partial charge on any atom is 0.413 e. The van der Waals surface area contributed by atoms with E-state index in [9.17, 15) is 18.4 Å². The molecule has 1 heterocycles. The zero-order valence-electron chi connectivity index (χ0n) is 14.3. The fourth-order valence-electron chi connectivity index (χ4n) is 1.93. The molecule has 1 aromatic carbocycles. The van der Waals surface area contributed by atoms with Crippen LogP contribution < -0.4 is 10.6 Å². The Hall–Kier alpha value is -2.55. The molecule has 0 unspecified atom stereocenters. The molecule has 2 N–H and O–H groups in total. The van der Waals surface area contributed by atoms with Gasteiger partial charge < -0.3 is 10.1 Å². The predicted octanol–water partition coefficient (Wildman–Crippen LogP) is 3.48. The number of nitrogens with one attached hydrogen (secondary N) is 2. The summed E-state index contributed by atoms with van der Waals surface area (Å²) in [4.78, 5) is 27.6. The third-order valence-corrected chi connectivity index (χ3v) is 3.98. The lowest BCUT2D eigenvalue weighted by atomic mass is 10.2. The predicted molar refractivity (Wildman–Crippen MR) is 93.8 cm³/mol. The van der Waals surface area contributed by atoms with Gasteiger partial charge in [-0.25, -0.2) is 18.6 Å². The van der Waals surface area contributed by atoms with Crippen molar-refractivity contribution in [3.05, 3.63) is 46.5 Å². The molecule has 0 aliphatic rings. The first-order valence-corrected chi connectivity index (χ1v) is 8.81. The molecule has 2 rings (SSSR count). The molecule has 6 nitrogen and oxygen atoms in total. The van der Waals surface area contributed by atoms with Crippen LogP contribution in [0, 0.1) is 17.6 Å². The summed E-state index contributed by atoms with van der Waals surface area (Å²) in [6.45, 7) is 3.87. The van der Waals surface area contributed by atoms with Crippen LogP contribution in [0.25, 0.3) is 0 Å². The third-order valence-electron chi connectivity index (χ3n) is 3.17. The van der Waals surface area contributed by atoms with E-state index in [2.05, 4.69) is 15.6 Å². The Morgan fingerprint density at radius 1 is 1.27 bits per heavy atom.